The van der Waals surface area contributed by atoms with Crippen LogP contribution in [0.5, 0.6) is 0 Å². The molecule has 3 unspecified atom stereocenters. The summed E-state index contributed by atoms with van der Waals surface area (Å²) >= 11 is 0. The zero-order valence-electron chi connectivity index (χ0n) is 18.5. The smallest absolute Gasteiger partial charge is 0.228 e. The van der Waals surface area contributed by atoms with Crippen LogP contribution in [0.2, 0.25) is 0 Å². The molecule has 1 aliphatic heterocycles. The van der Waals surface area contributed by atoms with Crippen LogP contribution in [0.3, 0.4) is 0 Å². The first-order chi connectivity index (χ1) is 14.4. The standard InChI is InChI=1S/C24H33N3O2S/c1-5-20(24(28)25(3)4)11-10-19(2)26-14-16-27(17-15-26)30(29)23-13-12-21-8-6-7-9-22(21)18-23/h6-13,18-20H,5,14-17H2,1-4H3/b11-10-. The predicted octanol–water partition coefficient (Wildman–Crippen LogP) is 3.54. The monoisotopic (exact) mass is 427 g/mol. The van der Waals surface area contributed by atoms with Crippen molar-refractivity contribution >= 4 is 27.7 Å². The molecule has 30 heavy (non-hydrogen) atoms. The summed E-state index contributed by atoms with van der Waals surface area (Å²) in [6.45, 7) is 7.48. The fourth-order valence-electron chi connectivity index (χ4n) is 3.84. The van der Waals surface area contributed by atoms with E-state index in [4.69, 9.17) is 0 Å². The number of carbonyl (C=O) groups excluding carboxylic acids is 1. The number of nitrogens with zero attached hydrogens (tertiary/aromatic N) is 3. The van der Waals surface area contributed by atoms with Crippen LogP contribution >= 0.6 is 0 Å². The van der Waals surface area contributed by atoms with Crippen LogP contribution in [0, 0.1) is 5.92 Å². The summed E-state index contributed by atoms with van der Waals surface area (Å²) in [4.78, 5) is 17.1. The van der Waals surface area contributed by atoms with Crippen molar-refractivity contribution in [3.63, 3.8) is 0 Å². The van der Waals surface area contributed by atoms with Crippen molar-refractivity contribution < 1.29 is 9.00 Å². The SMILES string of the molecule is CCC(/C=C\C(C)N1CCN(S(=O)c2ccc3ccccc3c2)CC1)C(=O)N(C)C. The van der Waals surface area contributed by atoms with Crippen molar-refractivity contribution in [3.05, 3.63) is 54.6 Å². The molecule has 2 aromatic carbocycles. The Morgan fingerprint density at radius 3 is 2.37 bits per heavy atom. The van der Waals surface area contributed by atoms with Crippen molar-refractivity contribution in [2.45, 2.75) is 31.2 Å². The average Bonchev–Trinajstić information content (AvgIpc) is 2.78. The van der Waals surface area contributed by atoms with Crippen LogP contribution < -0.4 is 0 Å². The molecule has 0 N–H and O–H groups in total. The third-order valence-electron chi connectivity index (χ3n) is 5.83. The van der Waals surface area contributed by atoms with E-state index in [2.05, 4.69) is 34.3 Å². The number of hydrogen-bond donors (Lipinski definition) is 0. The van der Waals surface area contributed by atoms with E-state index in [1.165, 1.54) is 5.39 Å². The molecule has 6 heteroatoms. The van der Waals surface area contributed by atoms with Crippen LogP contribution in [-0.4, -0.2) is 70.5 Å². The van der Waals surface area contributed by atoms with Crippen molar-refractivity contribution in [2.75, 3.05) is 40.3 Å². The maximum atomic E-state index is 13.1. The summed E-state index contributed by atoms with van der Waals surface area (Å²) in [5, 5.41) is 2.29. The number of hydrogen-bond acceptors (Lipinski definition) is 3. The minimum Gasteiger partial charge on any atom is -0.348 e. The molecule has 0 bridgehead atoms. The quantitative estimate of drug-likeness (QED) is 0.635. The Bertz CT molecular complexity index is 920. The Hall–Kier alpha value is -2.02. The van der Waals surface area contributed by atoms with E-state index in [-0.39, 0.29) is 17.9 Å². The van der Waals surface area contributed by atoms with Crippen LogP contribution in [0.1, 0.15) is 20.3 Å². The molecule has 3 rings (SSSR count). The van der Waals surface area contributed by atoms with Gasteiger partial charge in [-0.2, -0.15) is 0 Å². The van der Waals surface area contributed by atoms with E-state index in [0.717, 1.165) is 42.9 Å². The van der Waals surface area contributed by atoms with E-state index in [1.54, 1.807) is 19.0 Å². The fraction of sp³-hybridized carbons (Fsp3) is 0.458. The Labute approximate surface area is 182 Å². The maximum Gasteiger partial charge on any atom is 0.228 e. The lowest BCUT2D eigenvalue weighted by atomic mass is 10.0. The summed E-state index contributed by atoms with van der Waals surface area (Å²) < 4.78 is 15.1. The zero-order valence-corrected chi connectivity index (χ0v) is 19.3. The third kappa shape index (κ3) is 5.36. The highest BCUT2D eigenvalue weighted by molar-refractivity contribution is 7.82. The Morgan fingerprint density at radius 1 is 1.07 bits per heavy atom. The summed E-state index contributed by atoms with van der Waals surface area (Å²) in [7, 11) is 2.47. The molecule has 5 nitrogen and oxygen atoms in total. The molecule has 0 radical (unpaired) electrons. The van der Waals surface area contributed by atoms with Crippen LogP contribution in [-0.2, 0) is 15.8 Å². The van der Waals surface area contributed by atoms with Crippen LogP contribution in [0.15, 0.2) is 59.5 Å². The molecular formula is C24H33N3O2S. The molecule has 0 saturated carbocycles. The minimum absolute atomic E-state index is 0.0656. The van der Waals surface area contributed by atoms with Gasteiger partial charge in [-0.05, 0) is 36.2 Å². The van der Waals surface area contributed by atoms with Gasteiger partial charge >= 0.3 is 0 Å². The summed E-state index contributed by atoms with van der Waals surface area (Å²) in [5.41, 5.74) is 0. The van der Waals surface area contributed by atoms with Crippen LogP contribution in [0.4, 0.5) is 0 Å². The average molecular weight is 428 g/mol. The summed E-state index contributed by atoms with van der Waals surface area (Å²) in [6, 6.07) is 14.5. The van der Waals surface area contributed by atoms with Crippen molar-refractivity contribution in [2.24, 2.45) is 5.92 Å². The number of rotatable bonds is 7. The molecule has 1 aliphatic rings. The van der Waals surface area contributed by atoms with Gasteiger partial charge < -0.3 is 4.90 Å². The Kier molecular flexibility index (Phi) is 7.81. The van der Waals surface area contributed by atoms with Crippen molar-refractivity contribution in [3.8, 4) is 0 Å². The number of carbonyl (C=O) groups is 1. The van der Waals surface area contributed by atoms with Crippen molar-refractivity contribution in [1.29, 1.82) is 0 Å². The second-order valence-corrected chi connectivity index (χ2v) is 9.58. The zero-order chi connectivity index (χ0) is 21.7. The largest absolute Gasteiger partial charge is 0.348 e. The minimum atomic E-state index is -1.14. The Balaban J connectivity index is 1.57. The van der Waals surface area contributed by atoms with E-state index in [1.807, 2.05) is 43.3 Å². The predicted molar refractivity (Wildman–Crippen MR) is 125 cm³/mol. The van der Waals surface area contributed by atoms with Gasteiger partial charge in [-0.25, -0.2) is 8.51 Å². The number of amides is 1. The van der Waals surface area contributed by atoms with Gasteiger partial charge in [0, 0.05) is 46.3 Å². The molecule has 0 aromatic heterocycles. The molecule has 3 atom stereocenters. The molecule has 162 valence electrons. The molecule has 0 aliphatic carbocycles. The van der Waals surface area contributed by atoms with Gasteiger partial charge in [0.25, 0.3) is 0 Å². The topological polar surface area (TPSA) is 43.9 Å². The van der Waals surface area contributed by atoms with Gasteiger partial charge in [-0.15, -0.1) is 0 Å². The molecule has 2 aromatic rings. The van der Waals surface area contributed by atoms with Gasteiger partial charge in [-0.1, -0.05) is 49.4 Å². The molecule has 1 saturated heterocycles. The first kappa shape index (κ1) is 22.7. The third-order valence-corrected chi connectivity index (χ3v) is 7.32. The summed E-state index contributed by atoms with van der Waals surface area (Å²) in [6.07, 6.45) is 5.00. The lowest BCUT2D eigenvalue weighted by Crippen LogP contribution is -2.49. The number of fused-ring (bicyclic) bond motifs is 1. The highest BCUT2D eigenvalue weighted by atomic mass is 32.2. The number of piperazine rings is 1. The van der Waals surface area contributed by atoms with Gasteiger partial charge in [-0.3, -0.25) is 9.69 Å². The number of benzene rings is 2. The van der Waals surface area contributed by atoms with Gasteiger partial charge in [0.2, 0.25) is 5.91 Å². The van der Waals surface area contributed by atoms with Crippen LogP contribution in [0.25, 0.3) is 10.8 Å². The lowest BCUT2D eigenvalue weighted by molar-refractivity contribution is -0.131. The molecule has 1 heterocycles. The van der Waals surface area contributed by atoms with Gasteiger partial charge in [0.15, 0.2) is 0 Å². The maximum absolute atomic E-state index is 13.1. The second kappa shape index (κ2) is 10.3. The lowest BCUT2D eigenvalue weighted by Gasteiger charge is -2.36. The highest BCUT2D eigenvalue weighted by Gasteiger charge is 2.24. The van der Waals surface area contributed by atoms with Gasteiger partial charge in [0.05, 0.1) is 10.8 Å². The molecular weight excluding hydrogens is 394 g/mol. The molecule has 1 amide bonds. The van der Waals surface area contributed by atoms with E-state index >= 15 is 0 Å². The fourth-order valence-corrected chi connectivity index (χ4v) is 5.05. The van der Waals surface area contributed by atoms with E-state index < -0.39 is 11.0 Å². The van der Waals surface area contributed by atoms with Crippen molar-refractivity contribution in [1.82, 2.24) is 14.1 Å². The molecule has 0 spiro atoms. The second-order valence-electron chi connectivity index (χ2n) is 8.10. The highest BCUT2D eigenvalue weighted by Crippen LogP contribution is 2.21. The van der Waals surface area contributed by atoms with E-state index in [0.29, 0.717) is 0 Å². The normalized spacial score (nSPS) is 19.1. The Morgan fingerprint density at radius 2 is 1.73 bits per heavy atom. The molecule has 1 fully saturated rings. The van der Waals surface area contributed by atoms with E-state index in [9.17, 15) is 9.00 Å². The van der Waals surface area contributed by atoms with Gasteiger partial charge in [0.1, 0.15) is 11.0 Å². The first-order valence-electron chi connectivity index (χ1n) is 10.7. The summed E-state index contributed by atoms with van der Waals surface area (Å²) in [5.74, 6) is 0.0840. The first-order valence-corrected chi connectivity index (χ1v) is 11.8.